The Morgan fingerprint density at radius 1 is 1.19 bits per heavy atom. The van der Waals surface area contributed by atoms with Crippen molar-refractivity contribution in [3.63, 3.8) is 0 Å². The summed E-state index contributed by atoms with van der Waals surface area (Å²) in [6, 6.07) is 12.7. The van der Waals surface area contributed by atoms with E-state index in [1.807, 2.05) is 16.3 Å². The Balaban J connectivity index is 1.33. The molecular formula is C24H29N5OS. The molecule has 1 atom stereocenters. The number of amides is 1. The Hall–Kier alpha value is -2.51. The van der Waals surface area contributed by atoms with Crippen molar-refractivity contribution < 1.29 is 4.79 Å². The Kier molecular flexibility index (Phi) is 5.40. The largest absolute Gasteiger partial charge is 0.341 e. The van der Waals surface area contributed by atoms with Crippen LogP contribution in [-0.4, -0.2) is 57.1 Å². The van der Waals surface area contributed by atoms with Crippen molar-refractivity contribution in [3.8, 4) is 0 Å². The molecule has 2 saturated heterocycles. The number of likely N-dealkylation sites (tertiary alicyclic amines) is 2. The van der Waals surface area contributed by atoms with Gasteiger partial charge in [-0.25, -0.2) is 4.98 Å². The second-order valence-electron chi connectivity index (χ2n) is 9.36. The molecular weight excluding hydrogens is 406 g/mol. The SMILES string of the molecule is CC(C)c1n[nH]c(C2CN(Cc3ccccc3)CC23CN(C(=O)Cc2ccsc2)C3)n1. The normalized spacial score (nSPS) is 20.5. The highest BCUT2D eigenvalue weighted by atomic mass is 32.1. The van der Waals surface area contributed by atoms with E-state index in [1.165, 1.54) is 5.56 Å². The fourth-order valence-corrected chi connectivity index (χ4v) is 5.67. The molecule has 7 heteroatoms. The summed E-state index contributed by atoms with van der Waals surface area (Å²) < 4.78 is 0. The predicted molar refractivity (Wildman–Crippen MR) is 122 cm³/mol. The zero-order chi connectivity index (χ0) is 21.4. The summed E-state index contributed by atoms with van der Waals surface area (Å²) in [5.41, 5.74) is 2.48. The van der Waals surface area contributed by atoms with Gasteiger partial charge >= 0.3 is 0 Å². The topological polar surface area (TPSA) is 65.1 Å². The van der Waals surface area contributed by atoms with Gasteiger partial charge in [0, 0.05) is 50.0 Å². The molecule has 2 aliphatic rings. The van der Waals surface area contributed by atoms with Crippen LogP contribution < -0.4 is 0 Å². The summed E-state index contributed by atoms with van der Waals surface area (Å²) in [4.78, 5) is 22.2. The Labute approximate surface area is 187 Å². The molecule has 5 rings (SSSR count). The maximum absolute atomic E-state index is 12.8. The number of carbonyl (C=O) groups excluding carboxylic acids is 1. The molecule has 1 aromatic carbocycles. The maximum Gasteiger partial charge on any atom is 0.227 e. The van der Waals surface area contributed by atoms with Crippen LogP contribution in [0.3, 0.4) is 0 Å². The number of benzene rings is 1. The van der Waals surface area contributed by atoms with Crippen LogP contribution in [0.25, 0.3) is 0 Å². The van der Waals surface area contributed by atoms with Gasteiger partial charge in [-0.05, 0) is 28.0 Å². The standard InChI is InChI=1S/C24H29N5OS/c1-17(2)22-25-23(27-26-22)20-12-28(11-18-6-4-3-5-7-18)14-24(20)15-29(16-24)21(30)10-19-8-9-31-13-19/h3-9,13,17,20H,10-12,14-16H2,1-2H3,(H,25,26,27). The third kappa shape index (κ3) is 4.04. The Morgan fingerprint density at radius 2 is 2.00 bits per heavy atom. The van der Waals surface area contributed by atoms with Crippen molar-refractivity contribution in [2.75, 3.05) is 26.2 Å². The summed E-state index contributed by atoms with van der Waals surface area (Å²) in [6.07, 6.45) is 0.498. The number of carbonyl (C=O) groups is 1. The Bertz CT molecular complexity index is 1020. The van der Waals surface area contributed by atoms with Gasteiger partial charge in [0.15, 0.2) is 5.82 Å². The van der Waals surface area contributed by atoms with Crippen LogP contribution in [0.2, 0.25) is 0 Å². The number of aromatic nitrogens is 3. The summed E-state index contributed by atoms with van der Waals surface area (Å²) in [7, 11) is 0. The Morgan fingerprint density at radius 3 is 2.68 bits per heavy atom. The van der Waals surface area contributed by atoms with Crippen LogP contribution in [0.4, 0.5) is 0 Å². The highest BCUT2D eigenvalue weighted by molar-refractivity contribution is 7.08. The van der Waals surface area contributed by atoms with Gasteiger partial charge in [-0.2, -0.15) is 16.4 Å². The average molecular weight is 436 g/mol. The average Bonchev–Trinajstić information content (AvgIpc) is 3.47. The van der Waals surface area contributed by atoms with Gasteiger partial charge in [0.05, 0.1) is 6.42 Å². The van der Waals surface area contributed by atoms with E-state index in [9.17, 15) is 4.79 Å². The van der Waals surface area contributed by atoms with Crippen LogP contribution in [0, 0.1) is 5.41 Å². The van der Waals surface area contributed by atoms with Crippen LogP contribution in [0.15, 0.2) is 47.2 Å². The first kappa shape index (κ1) is 20.4. The molecule has 4 heterocycles. The lowest BCUT2D eigenvalue weighted by atomic mass is 9.71. The molecule has 1 unspecified atom stereocenters. The van der Waals surface area contributed by atoms with Gasteiger partial charge in [0.25, 0.3) is 0 Å². The molecule has 3 aromatic rings. The quantitative estimate of drug-likeness (QED) is 0.642. The molecule has 1 spiro atoms. The molecule has 2 aromatic heterocycles. The zero-order valence-corrected chi connectivity index (χ0v) is 18.9. The van der Waals surface area contributed by atoms with Gasteiger partial charge in [-0.1, -0.05) is 44.2 Å². The lowest BCUT2D eigenvalue weighted by Gasteiger charge is -2.50. The van der Waals surface area contributed by atoms with Crippen molar-refractivity contribution in [3.05, 3.63) is 69.9 Å². The zero-order valence-electron chi connectivity index (χ0n) is 18.1. The van der Waals surface area contributed by atoms with Gasteiger partial charge in [0.2, 0.25) is 5.91 Å². The van der Waals surface area contributed by atoms with Crippen LogP contribution >= 0.6 is 11.3 Å². The highest BCUT2D eigenvalue weighted by Crippen LogP contribution is 2.48. The predicted octanol–water partition coefficient (Wildman–Crippen LogP) is 3.66. The van der Waals surface area contributed by atoms with Gasteiger partial charge in [0.1, 0.15) is 5.82 Å². The summed E-state index contributed by atoms with van der Waals surface area (Å²) >= 11 is 1.64. The van der Waals surface area contributed by atoms with E-state index < -0.39 is 0 Å². The van der Waals surface area contributed by atoms with E-state index >= 15 is 0 Å². The van der Waals surface area contributed by atoms with E-state index in [0.717, 1.165) is 49.9 Å². The second-order valence-corrected chi connectivity index (χ2v) is 10.1. The first-order valence-corrected chi connectivity index (χ1v) is 11.9. The first-order chi connectivity index (χ1) is 15.0. The number of rotatable bonds is 6. The molecule has 1 amide bonds. The summed E-state index contributed by atoms with van der Waals surface area (Å²) in [5, 5.41) is 11.8. The monoisotopic (exact) mass is 435 g/mol. The molecule has 0 saturated carbocycles. The molecule has 0 radical (unpaired) electrons. The number of hydrogen-bond acceptors (Lipinski definition) is 5. The first-order valence-electron chi connectivity index (χ1n) is 11.0. The number of nitrogens with zero attached hydrogens (tertiary/aromatic N) is 4. The minimum Gasteiger partial charge on any atom is -0.341 e. The fraction of sp³-hybridized carbons (Fsp3) is 0.458. The smallest absolute Gasteiger partial charge is 0.227 e. The molecule has 6 nitrogen and oxygen atoms in total. The second kappa shape index (κ2) is 8.20. The number of nitrogens with one attached hydrogen (secondary N) is 1. The third-order valence-electron chi connectivity index (χ3n) is 6.63. The summed E-state index contributed by atoms with van der Waals surface area (Å²) in [5.74, 6) is 2.64. The third-order valence-corrected chi connectivity index (χ3v) is 7.37. The van der Waals surface area contributed by atoms with Gasteiger partial charge in [-0.3, -0.25) is 14.8 Å². The van der Waals surface area contributed by atoms with Crippen molar-refractivity contribution in [2.24, 2.45) is 5.41 Å². The number of hydrogen-bond donors (Lipinski definition) is 1. The molecule has 162 valence electrons. The summed E-state index contributed by atoms with van der Waals surface area (Å²) in [6.45, 7) is 8.67. The van der Waals surface area contributed by atoms with Crippen molar-refractivity contribution in [1.82, 2.24) is 25.0 Å². The van der Waals surface area contributed by atoms with Gasteiger partial charge < -0.3 is 4.90 Å². The van der Waals surface area contributed by atoms with Crippen molar-refractivity contribution in [2.45, 2.75) is 38.6 Å². The van der Waals surface area contributed by atoms with Crippen molar-refractivity contribution in [1.29, 1.82) is 0 Å². The number of H-pyrrole nitrogens is 1. The van der Waals surface area contributed by atoms with Crippen LogP contribution in [0.5, 0.6) is 0 Å². The number of aromatic amines is 1. The van der Waals surface area contributed by atoms with Crippen LogP contribution in [0.1, 0.15) is 48.5 Å². The van der Waals surface area contributed by atoms with E-state index in [1.54, 1.807) is 11.3 Å². The molecule has 2 aliphatic heterocycles. The van der Waals surface area contributed by atoms with E-state index in [-0.39, 0.29) is 17.2 Å². The molecule has 31 heavy (non-hydrogen) atoms. The van der Waals surface area contributed by atoms with Crippen molar-refractivity contribution >= 4 is 17.2 Å². The molecule has 2 fully saturated rings. The molecule has 0 aliphatic carbocycles. The minimum absolute atomic E-state index is 0.0485. The highest BCUT2D eigenvalue weighted by Gasteiger charge is 2.56. The van der Waals surface area contributed by atoms with Crippen LogP contribution in [-0.2, 0) is 17.8 Å². The van der Waals surface area contributed by atoms with E-state index in [4.69, 9.17) is 4.98 Å². The minimum atomic E-state index is 0.0485. The van der Waals surface area contributed by atoms with E-state index in [0.29, 0.717) is 12.3 Å². The fourth-order valence-electron chi connectivity index (χ4n) is 5.00. The number of thiophene rings is 1. The lowest BCUT2D eigenvalue weighted by molar-refractivity contribution is -0.142. The molecule has 1 N–H and O–H groups in total. The molecule has 0 bridgehead atoms. The maximum atomic E-state index is 12.8. The van der Waals surface area contributed by atoms with E-state index in [2.05, 4.69) is 64.7 Å². The van der Waals surface area contributed by atoms with Gasteiger partial charge in [-0.15, -0.1) is 0 Å². The lowest BCUT2D eigenvalue weighted by Crippen LogP contribution is -2.61.